The summed E-state index contributed by atoms with van der Waals surface area (Å²) < 4.78 is 16.5. The molecule has 0 saturated carbocycles. The second-order valence-corrected chi connectivity index (χ2v) is 6.07. The lowest BCUT2D eigenvalue weighted by Gasteiger charge is -2.08. The predicted molar refractivity (Wildman–Crippen MR) is 105 cm³/mol. The third-order valence-electron chi connectivity index (χ3n) is 4.09. The van der Waals surface area contributed by atoms with Crippen molar-refractivity contribution in [2.75, 3.05) is 6.61 Å². The fourth-order valence-electron chi connectivity index (χ4n) is 2.76. The molecule has 5 nitrogen and oxygen atoms in total. The van der Waals surface area contributed by atoms with Crippen LogP contribution in [0, 0.1) is 0 Å². The van der Waals surface area contributed by atoms with E-state index < -0.39 is 5.97 Å². The zero-order valence-corrected chi connectivity index (χ0v) is 14.8. The number of rotatable bonds is 5. The van der Waals surface area contributed by atoms with Gasteiger partial charge in [-0.15, -0.1) is 0 Å². The highest BCUT2D eigenvalue weighted by Crippen LogP contribution is 2.24. The summed E-state index contributed by atoms with van der Waals surface area (Å²) in [7, 11) is 0. The Bertz CT molecular complexity index is 1160. The minimum atomic E-state index is -0.562. The lowest BCUT2D eigenvalue weighted by molar-refractivity contribution is -0.136. The monoisotopic (exact) mass is 372 g/mol. The first-order valence-corrected chi connectivity index (χ1v) is 8.71. The number of fused-ring (bicyclic) bond motifs is 1. The van der Waals surface area contributed by atoms with E-state index in [9.17, 15) is 9.59 Å². The Kier molecular flexibility index (Phi) is 4.89. The molecule has 4 rings (SSSR count). The number of ether oxygens (including phenoxy) is 2. The molecule has 0 aliphatic rings. The van der Waals surface area contributed by atoms with Gasteiger partial charge in [-0.05, 0) is 30.3 Å². The average Bonchev–Trinajstić information content (AvgIpc) is 2.74. The van der Waals surface area contributed by atoms with Crippen LogP contribution in [0.25, 0.3) is 22.3 Å². The summed E-state index contributed by atoms with van der Waals surface area (Å²) in [6, 6.07) is 24.5. The molecule has 0 aliphatic carbocycles. The van der Waals surface area contributed by atoms with Crippen molar-refractivity contribution < 1.29 is 18.7 Å². The number of esters is 1. The van der Waals surface area contributed by atoms with Crippen LogP contribution in [0.1, 0.15) is 0 Å². The van der Waals surface area contributed by atoms with Crippen molar-refractivity contribution in [1.82, 2.24) is 0 Å². The molecule has 5 heteroatoms. The summed E-state index contributed by atoms with van der Waals surface area (Å²) in [5.74, 6) is 0.758. The van der Waals surface area contributed by atoms with Gasteiger partial charge in [0, 0.05) is 11.6 Å². The molecule has 1 aromatic heterocycles. The molecule has 3 aromatic carbocycles. The summed E-state index contributed by atoms with van der Waals surface area (Å²) in [6.07, 6.45) is 0. The lowest BCUT2D eigenvalue weighted by Crippen LogP contribution is -2.17. The van der Waals surface area contributed by atoms with Gasteiger partial charge in [-0.2, -0.15) is 0 Å². The van der Waals surface area contributed by atoms with Crippen molar-refractivity contribution in [2.24, 2.45) is 0 Å². The maximum Gasteiger partial charge on any atom is 0.349 e. The number of hydrogen-bond acceptors (Lipinski definition) is 5. The van der Waals surface area contributed by atoms with Gasteiger partial charge < -0.3 is 13.9 Å². The molecule has 0 atom stereocenters. The van der Waals surface area contributed by atoms with Crippen LogP contribution in [0.15, 0.2) is 94.1 Å². The molecule has 1 heterocycles. The molecule has 0 radical (unpaired) electrons. The molecule has 28 heavy (non-hydrogen) atoms. The highest BCUT2D eigenvalue weighted by molar-refractivity contribution is 5.82. The van der Waals surface area contributed by atoms with E-state index in [1.54, 1.807) is 24.3 Å². The van der Waals surface area contributed by atoms with Crippen molar-refractivity contribution in [3.63, 3.8) is 0 Å². The zero-order valence-electron chi connectivity index (χ0n) is 14.8. The molecule has 4 aromatic rings. The van der Waals surface area contributed by atoms with E-state index >= 15 is 0 Å². The van der Waals surface area contributed by atoms with Crippen LogP contribution >= 0.6 is 0 Å². The van der Waals surface area contributed by atoms with Crippen molar-refractivity contribution in [1.29, 1.82) is 0 Å². The van der Waals surface area contributed by atoms with Gasteiger partial charge in [0.1, 0.15) is 22.8 Å². The molecule has 0 saturated heterocycles. The summed E-state index contributed by atoms with van der Waals surface area (Å²) in [5, 5.41) is 0.342. The Morgan fingerprint density at radius 2 is 1.54 bits per heavy atom. The Balaban J connectivity index is 1.52. The fourth-order valence-corrected chi connectivity index (χ4v) is 2.76. The minimum Gasteiger partial charge on any atom is -0.482 e. The van der Waals surface area contributed by atoms with Gasteiger partial charge in [-0.3, -0.25) is 4.79 Å². The summed E-state index contributed by atoms with van der Waals surface area (Å²) in [6.45, 7) is -0.233. The van der Waals surface area contributed by atoms with Crippen LogP contribution in [-0.2, 0) is 4.79 Å². The largest absolute Gasteiger partial charge is 0.482 e. The van der Waals surface area contributed by atoms with Crippen molar-refractivity contribution in [3.8, 4) is 22.8 Å². The first-order chi connectivity index (χ1) is 13.7. The van der Waals surface area contributed by atoms with Crippen molar-refractivity contribution in [2.45, 2.75) is 0 Å². The summed E-state index contributed by atoms with van der Waals surface area (Å²) in [5.41, 5.74) is 1.03. The van der Waals surface area contributed by atoms with E-state index in [0.29, 0.717) is 22.5 Å². The van der Waals surface area contributed by atoms with Crippen LogP contribution in [0.5, 0.6) is 11.5 Å². The molecule has 138 valence electrons. The zero-order chi connectivity index (χ0) is 19.3. The Morgan fingerprint density at radius 1 is 0.821 bits per heavy atom. The molecular weight excluding hydrogens is 356 g/mol. The summed E-state index contributed by atoms with van der Waals surface area (Å²) >= 11 is 0. The number of hydrogen-bond donors (Lipinski definition) is 0. The predicted octanol–water partition coefficient (Wildman–Crippen LogP) is 4.44. The Hall–Kier alpha value is -3.86. The number of benzene rings is 3. The van der Waals surface area contributed by atoms with Crippen LogP contribution in [-0.4, -0.2) is 12.6 Å². The maximum absolute atomic E-state index is 12.5. The van der Waals surface area contributed by atoms with E-state index in [4.69, 9.17) is 13.9 Å². The molecule has 0 amide bonds. The van der Waals surface area contributed by atoms with E-state index in [0.717, 1.165) is 5.56 Å². The molecule has 0 bridgehead atoms. The second kappa shape index (κ2) is 7.80. The van der Waals surface area contributed by atoms with Crippen LogP contribution in [0.4, 0.5) is 0 Å². The number of para-hydroxylation sites is 1. The third-order valence-corrected chi connectivity index (χ3v) is 4.09. The lowest BCUT2D eigenvalue weighted by atomic mass is 10.1. The van der Waals surface area contributed by atoms with Crippen molar-refractivity contribution in [3.05, 3.63) is 95.2 Å². The van der Waals surface area contributed by atoms with Gasteiger partial charge in [0.2, 0.25) is 0 Å². The van der Waals surface area contributed by atoms with Gasteiger partial charge in [-0.25, -0.2) is 4.79 Å². The highest BCUT2D eigenvalue weighted by Gasteiger charge is 2.11. The van der Waals surface area contributed by atoms with Crippen LogP contribution in [0.3, 0.4) is 0 Å². The first kappa shape index (κ1) is 17.5. The Labute approximate surface area is 160 Å². The van der Waals surface area contributed by atoms with Gasteiger partial charge in [0.15, 0.2) is 12.0 Å². The van der Waals surface area contributed by atoms with Crippen LogP contribution in [0.2, 0.25) is 0 Å². The molecule has 0 aliphatic heterocycles. The van der Waals surface area contributed by atoms with E-state index in [-0.39, 0.29) is 17.8 Å². The third kappa shape index (κ3) is 3.94. The molecule has 0 N–H and O–H groups in total. The number of carbonyl (C=O) groups is 1. The van der Waals surface area contributed by atoms with E-state index in [2.05, 4.69) is 0 Å². The molecule has 0 fully saturated rings. The number of carbonyl (C=O) groups excluding carboxylic acids is 1. The first-order valence-electron chi connectivity index (χ1n) is 8.71. The standard InChI is InChI=1S/C23H16O5/c24-20-14-22(16-7-3-1-4-8-16)28-21-12-11-18(13-19(20)21)27-23(25)15-26-17-9-5-2-6-10-17/h1-14H,15H2. The van der Waals surface area contributed by atoms with Gasteiger partial charge in [-0.1, -0.05) is 48.5 Å². The van der Waals surface area contributed by atoms with Crippen LogP contribution < -0.4 is 14.9 Å². The van der Waals surface area contributed by atoms with E-state index in [1.807, 2.05) is 48.5 Å². The average molecular weight is 372 g/mol. The van der Waals surface area contributed by atoms with Gasteiger partial charge >= 0.3 is 5.97 Å². The van der Waals surface area contributed by atoms with Crippen molar-refractivity contribution >= 4 is 16.9 Å². The smallest absolute Gasteiger partial charge is 0.349 e. The molecule has 0 unspecified atom stereocenters. The van der Waals surface area contributed by atoms with Gasteiger partial charge in [0.05, 0.1) is 5.39 Å². The Morgan fingerprint density at radius 3 is 2.29 bits per heavy atom. The summed E-state index contributed by atoms with van der Waals surface area (Å²) in [4.78, 5) is 24.5. The second-order valence-electron chi connectivity index (χ2n) is 6.07. The van der Waals surface area contributed by atoms with Gasteiger partial charge in [0.25, 0.3) is 0 Å². The SMILES string of the molecule is O=C(COc1ccccc1)Oc1ccc2oc(-c3ccccc3)cc(=O)c2c1. The topological polar surface area (TPSA) is 65.7 Å². The van der Waals surface area contributed by atoms with E-state index in [1.165, 1.54) is 12.1 Å². The minimum absolute atomic E-state index is 0.210. The fraction of sp³-hybridized carbons (Fsp3) is 0.0435. The normalized spacial score (nSPS) is 10.6. The molecule has 0 spiro atoms. The maximum atomic E-state index is 12.5. The quantitative estimate of drug-likeness (QED) is 0.383. The highest BCUT2D eigenvalue weighted by atomic mass is 16.6. The molecular formula is C23H16O5.